The fraction of sp³-hybridized carbons (Fsp3) is 0.278. The number of benzene rings is 2. The summed E-state index contributed by atoms with van der Waals surface area (Å²) in [6, 6.07) is 9.24. The van der Waals surface area contributed by atoms with E-state index >= 15 is 0 Å². The van der Waals surface area contributed by atoms with Crippen molar-refractivity contribution in [2.75, 3.05) is 17.8 Å². The van der Waals surface area contributed by atoms with Gasteiger partial charge >= 0.3 is 6.61 Å². The van der Waals surface area contributed by atoms with Crippen LogP contribution in [0.15, 0.2) is 47.4 Å². The SMILES string of the molecule is O=C(c1ccc(NS(=O)(=O)c2ccc(OC(F)F)c(Cl)c2)cc1)N1CCCC1. The Bertz CT molecular complexity index is 962. The second-order valence-electron chi connectivity index (χ2n) is 6.15. The van der Waals surface area contributed by atoms with Crippen molar-refractivity contribution < 1.29 is 26.7 Å². The number of ether oxygens (including phenoxy) is 1. The predicted octanol–water partition coefficient (Wildman–Crippen LogP) is 3.98. The summed E-state index contributed by atoms with van der Waals surface area (Å²) >= 11 is 5.81. The Morgan fingerprint density at radius 1 is 1.11 bits per heavy atom. The minimum Gasteiger partial charge on any atom is -0.433 e. The quantitative estimate of drug-likeness (QED) is 0.752. The van der Waals surface area contributed by atoms with Gasteiger partial charge in [0.25, 0.3) is 15.9 Å². The van der Waals surface area contributed by atoms with Crippen molar-refractivity contribution in [3.8, 4) is 5.75 Å². The van der Waals surface area contributed by atoms with E-state index in [1.54, 1.807) is 17.0 Å². The maximum atomic E-state index is 12.5. The van der Waals surface area contributed by atoms with E-state index < -0.39 is 16.6 Å². The van der Waals surface area contributed by atoms with Gasteiger partial charge in [-0.2, -0.15) is 8.78 Å². The van der Waals surface area contributed by atoms with Gasteiger partial charge in [-0.25, -0.2) is 8.42 Å². The molecule has 1 heterocycles. The number of sulfonamides is 1. The van der Waals surface area contributed by atoms with Crippen molar-refractivity contribution in [2.24, 2.45) is 0 Å². The second kappa shape index (κ2) is 8.32. The molecule has 0 aromatic heterocycles. The van der Waals surface area contributed by atoms with Gasteiger partial charge < -0.3 is 9.64 Å². The number of likely N-dealkylation sites (tertiary alicyclic amines) is 1. The molecular formula is C18H17ClF2N2O4S. The van der Waals surface area contributed by atoms with Gasteiger partial charge in [0.15, 0.2) is 0 Å². The zero-order valence-corrected chi connectivity index (χ0v) is 16.1. The molecule has 0 unspecified atom stereocenters. The van der Waals surface area contributed by atoms with Crippen LogP contribution in [0.3, 0.4) is 0 Å². The summed E-state index contributed by atoms with van der Waals surface area (Å²) in [7, 11) is -4.00. The second-order valence-corrected chi connectivity index (χ2v) is 8.24. The zero-order valence-electron chi connectivity index (χ0n) is 14.6. The average molecular weight is 431 g/mol. The first kappa shape index (κ1) is 20.3. The van der Waals surface area contributed by atoms with Gasteiger partial charge in [-0.1, -0.05) is 11.6 Å². The van der Waals surface area contributed by atoms with Crippen molar-refractivity contribution in [2.45, 2.75) is 24.3 Å². The highest BCUT2D eigenvalue weighted by atomic mass is 35.5. The summed E-state index contributed by atoms with van der Waals surface area (Å²) in [6.07, 6.45) is 1.96. The van der Waals surface area contributed by atoms with Crippen LogP contribution in [0.4, 0.5) is 14.5 Å². The molecule has 0 spiro atoms. The van der Waals surface area contributed by atoms with Gasteiger partial charge in [-0.15, -0.1) is 0 Å². The van der Waals surface area contributed by atoms with Gasteiger partial charge in [-0.05, 0) is 55.3 Å². The number of nitrogens with zero attached hydrogens (tertiary/aromatic N) is 1. The molecule has 1 aliphatic heterocycles. The van der Waals surface area contributed by atoms with E-state index in [0.29, 0.717) is 5.56 Å². The first-order valence-corrected chi connectivity index (χ1v) is 10.3. The number of alkyl halides is 2. The molecule has 6 nitrogen and oxygen atoms in total. The number of carbonyl (C=O) groups excluding carboxylic acids is 1. The third kappa shape index (κ3) is 4.71. The van der Waals surface area contributed by atoms with Gasteiger partial charge in [-0.3, -0.25) is 9.52 Å². The molecule has 2 aromatic rings. The summed E-state index contributed by atoms with van der Waals surface area (Å²) in [5.41, 5.74) is 0.725. The van der Waals surface area contributed by atoms with Crippen LogP contribution in [-0.4, -0.2) is 38.9 Å². The molecule has 10 heteroatoms. The van der Waals surface area contributed by atoms with E-state index in [0.717, 1.165) is 44.1 Å². The summed E-state index contributed by atoms with van der Waals surface area (Å²) in [5, 5.41) is -0.255. The Hall–Kier alpha value is -2.39. The smallest absolute Gasteiger partial charge is 0.387 e. The molecule has 150 valence electrons. The molecule has 0 saturated carbocycles. The van der Waals surface area contributed by atoms with E-state index in [-0.39, 0.29) is 27.3 Å². The molecule has 0 aliphatic carbocycles. The Morgan fingerprint density at radius 2 is 1.75 bits per heavy atom. The standard InChI is InChI=1S/C18H17ClF2N2O4S/c19-15-11-14(7-8-16(15)27-18(20)21)28(25,26)22-13-5-3-12(4-6-13)17(24)23-9-1-2-10-23/h3-8,11,18,22H,1-2,9-10H2. The number of nitrogens with one attached hydrogen (secondary N) is 1. The van der Waals surface area contributed by atoms with Crippen molar-refractivity contribution in [3.05, 3.63) is 53.1 Å². The van der Waals surface area contributed by atoms with Crippen molar-refractivity contribution in [1.29, 1.82) is 0 Å². The van der Waals surface area contributed by atoms with Gasteiger partial charge in [0, 0.05) is 24.3 Å². The highest BCUT2D eigenvalue weighted by molar-refractivity contribution is 7.92. The number of amides is 1. The molecule has 0 bridgehead atoms. The van der Waals surface area contributed by atoms with Crippen LogP contribution >= 0.6 is 11.6 Å². The number of carbonyl (C=O) groups is 1. The molecule has 2 aromatic carbocycles. The van der Waals surface area contributed by atoms with Gasteiger partial charge in [0.1, 0.15) is 5.75 Å². The Balaban J connectivity index is 1.73. The number of halogens is 3. The van der Waals surface area contributed by atoms with Crippen LogP contribution in [0.25, 0.3) is 0 Å². The van der Waals surface area contributed by atoms with E-state index in [4.69, 9.17) is 11.6 Å². The van der Waals surface area contributed by atoms with Crippen molar-refractivity contribution >= 4 is 33.2 Å². The van der Waals surface area contributed by atoms with E-state index in [2.05, 4.69) is 9.46 Å². The largest absolute Gasteiger partial charge is 0.433 e. The third-order valence-electron chi connectivity index (χ3n) is 4.21. The molecule has 28 heavy (non-hydrogen) atoms. The number of anilines is 1. The minimum atomic E-state index is -4.00. The van der Waals surface area contributed by atoms with Crippen LogP contribution < -0.4 is 9.46 Å². The van der Waals surface area contributed by atoms with Crippen molar-refractivity contribution in [1.82, 2.24) is 4.90 Å². The molecule has 0 atom stereocenters. The molecule has 0 radical (unpaired) electrons. The number of rotatable bonds is 6. The lowest BCUT2D eigenvalue weighted by atomic mass is 10.2. The number of hydrogen-bond acceptors (Lipinski definition) is 4. The van der Waals surface area contributed by atoms with Gasteiger partial charge in [0.2, 0.25) is 0 Å². The third-order valence-corrected chi connectivity index (χ3v) is 5.88. The van der Waals surface area contributed by atoms with Crippen LogP contribution in [0, 0.1) is 0 Å². The molecule has 1 saturated heterocycles. The molecule has 1 fully saturated rings. The molecular weight excluding hydrogens is 414 g/mol. The lowest BCUT2D eigenvalue weighted by Crippen LogP contribution is -2.27. The normalized spacial score (nSPS) is 14.4. The van der Waals surface area contributed by atoms with Crippen LogP contribution in [0.2, 0.25) is 5.02 Å². The zero-order chi connectivity index (χ0) is 20.3. The maximum Gasteiger partial charge on any atom is 0.387 e. The molecule has 3 rings (SSSR count). The Labute approximate surface area is 166 Å². The fourth-order valence-corrected chi connectivity index (χ4v) is 4.21. The molecule has 1 aliphatic rings. The lowest BCUT2D eigenvalue weighted by Gasteiger charge is -2.15. The predicted molar refractivity (Wildman–Crippen MR) is 100 cm³/mol. The first-order chi connectivity index (χ1) is 13.3. The van der Waals surface area contributed by atoms with E-state index in [1.165, 1.54) is 12.1 Å². The van der Waals surface area contributed by atoms with Crippen molar-refractivity contribution in [3.63, 3.8) is 0 Å². The van der Waals surface area contributed by atoms with E-state index in [9.17, 15) is 22.0 Å². The van der Waals surface area contributed by atoms with Crippen LogP contribution in [0.1, 0.15) is 23.2 Å². The summed E-state index contributed by atoms with van der Waals surface area (Å²) in [6.45, 7) is -1.63. The summed E-state index contributed by atoms with van der Waals surface area (Å²) < 4.78 is 56.1. The highest BCUT2D eigenvalue weighted by Crippen LogP contribution is 2.29. The summed E-state index contributed by atoms with van der Waals surface area (Å²) in [4.78, 5) is 13.9. The highest BCUT2D eigenvalue weighted by Gasteiger charge is 2.20. The lowest BCUT2D eigenvalue weighted by molar-refractivity contribution is -0.0498. The monoisotopic (exact) mass is 430 g/mol. The van der Waals surface area contributed by atoms with E-state index in [1.807, 2.05) is 0 Å². The fourth-order valence-electron chi connectivity index (χ4n) is 2.84. The average Bonchev–Trinajstić information content (AvgIpc) is 3.17. The summed E-state index contributed by atoms with van der Waals surface area (Å²) in [5.74, 6) is -0.409. The Kier molecular flexibility index (Phi) is 6.04. The molecule has 1 amide bonds. The topological polar surface area (TPSA) is 75.7 Å². The Morgan fingerprint density at radius 3 is 2.32 bits per heavy atom. The maximum absolute atomic E-state index is 12.5. The number of hydrogen-bond donors (Lipinski definition) is 1. The van der Waals surface area contributed by atoms with Crippen LogP contribution in [-0.2, 0) is 10.0 Å². The minimum absolute atomic E-state index is 0.0895. The first-order valence-electron chi connectivity index (χ1n) is 8.43. The van der Waals surface area contributed by atoms with Gasteiger partial charge in [0.05, 0.1) is 9.92 Å². The molecule has 1 N–H and O–H groups in total. The van der Waals surface area contributed by atoms with Crippen LogP contribution in [0.5, 0.6) is 5.75 Å².